The number of rotatable bonds is 4. The molecule has 1 unspecified atom stereocenters. The smallest absolute Gasteiger partial charge is 0.243 e. The van der Waals surface area contributed by atoms with E-state index in [4.69, 9.17) is 4.74 Å². The number of nitrogens with zero attached hydrogens (tertiary/aromatic N) is 3. The standard InChI is InChI=1S/C15H17N3O3S/c1-12-7-8-15(17-16-12)21-13-9-10-18(11-13)22(19,20)14-5-3-2-4-6-14/h2-8,13H,9-11H2,1H3. The summed E-state index contributed by atoms with van der Waals surface area (Å²) in [6.45, 7) is 2.62. The van der Waals surface area contributed by atoms with Crippen molar-refractivity contribution >= 4 is 10.0 Å². The summed E-state index contributed by atoms with van der Waals surface area (Å²) in [5.74, 6) is 0.426. The molecule has 0 bridgehead atoms. The molecule has 1 aliphatic rings. The fourth-order valence-electron chi connectivity index (χ4n) is 2.37. The highest BCUT2D eigenvalue weighted by Gasteiger charge is 2.33. The molecule has 7 heteroatoms. The highest BCUT2D eigenvalue weighted by molar-refractivity contribution is 7.89. The molecule has 1 aliphatic heterocycles. The zero-order valence-electron chi connectivity index (χ0n) is 12.2. The number of hydrogen-bond donors (Lipinski definition) is 0. The number of hydrogen-bond acceptors (Lipinski definition) is 5. The van der Waals surface area contributed by atoms with E-state index in [9.17, 15) is 8.42 Å². The number of sulfonamides is 1. The first kappa shape index (κ1) is 14.9. The minimum Gasteiger partial charge on any atom is -0.472 e. The van der Waals surface area contributed by atoms with Crippen molar-refractivity contribution < 1.29 is 13.2 Å². The van der Waals surface area contributed by atoms with E-state index in [1.54, 1.807) is 36.4 Å². The van der Waals surface area contributed by atoms with Gasteiger partial charge in [-0.3, -0.25) is 0 Å². The normalized spacial score (nSPS) is 19.2. The van der Waals surface area contributed by atoms with Crippen LogP contribution in [0.15, 0.2) is 47.4 Å². The first-order valence-corrected chi connectivity index (χ1v) is 8.52. The number of benzene rings is 1. The van der Waals surface area contributed by atoms with Crippen molar-refractivity contribution in [3.05, 3.63) is 48.2 Å². The maximum atomic E-state index is 12.5. The Hall–Kier alpha value is -1.99. The second-order valence-electron chi connectivity index (χ2n) is 5.22. The molecule has 22 heavy (non-hydrogen) atoms. The molecule has 116 valence electrons. The summed E-state index contributed by atoms with van der Waals surface area (Å²) in [5, 5.41) is 7.88. The monoisotopic (exact) mass is 319 g/mol. The van der Waals surface area contributed by atoms with Crippen molar-refractivity contribution in [2.45, 2.75) is 24.3 Å². The van der Waals surface area contributed by atoms with Crippen LogP contribution in [0.25, 0.3) is 0 Å². The maximum Gasteiger partial charge on any atom is 0.243 e. The van der Waals surface area contributed by atoms with Gasteiger partial charge in [0.15, 0.2) is 0 Å². The highest BCUT2D eigenvalue weighted by Crippen LogP contribution is 2.23. The van der Waals surface area contributed by atoms with Gasteiger partial charge in [0.25, 0.3) is 0 Å². The molecule has 1 fully saturated rings. The van der Waals surface area contributed by atoms with E-state index in [0.717, 1.165) is 5.69 Å². The molecule has 6 nitrogen and oxygen atoms in total. The van der Waals surface area contributed by atoms with Crippen LogP contribution in [-0.4, -0.2) is 42.1 Å². The van der Waals surface area contributed by atoms with Gasteiger partial charge in [-0.25, -0.2) is 8.42 Å². The van der Waals surface area contributed by atoms with Gasteiger partial charge >= 0.3 is 0 Å². The van der Waals surface area contributed by atoms with Crippen LogP contribution in [-0.2, 0) is 10.0 Å². The summed E-state index contributed by atoms with van der Waals surface area (Å²) in [6, 6.07) is 12.0. The Kier molecular flexibility index (Phi) is 4.08. The van der Waals surface area contributed by atoms with Crippen LogP contribution in [0.4, 0.5) is 0 Å². The molecule has 2 aromatic rings. The zero-order chi connectivity index (χ0) is 15.6. The Morgan fingerprint density at radius 1 is 1.14 bits per heavy atom. The molecule has 0 spiro atoms. The third-order valence-corrected chi connectivity index (χ3v) is 5.43. The fraction of sp³-hybridized carbons (Fsp3) is 0.333. The molecule has 0 radical (unpaired) electrons. The number of aromatic nitrogens is 2. The lowest BCUT2D eigenvalue weighted by molar-refractivity contribution is 0.204. The van der Waals surface area contributed by atoms with Crippen molar-refractivity contribution in [2.24, 2.45) is 0 Å². The van der Waals surface area contributed by atoms with Crippen molar-refractivity contribution in [1.29, 1.82) is 0 Å². The quantitative estimate of drug-likeness (QED) is 0.856. The third kappa shape index (κ3) is 3.10. The van der Waals surface area contributed by atoms with Crippen molar-refractivity contribution in [3.8, 4) is 5.88 Å². The molecule has 1 aromatic carbocycles. The van der Waals surface area contributed by atoms with Gasteiger partial charge in [-0.1, -0.05) is 18.2 Å². The molecule has 0 N–H and O–H groups in total. The van der Waals surface area contributed by atoms with E-state index in [2.05, 4.69) is 10.2 Å². The molecule has 2 heterocycles. The van der Waals surface area contributed by atoms with E-state index in [1.807, 2.05) is 13.0 Å². The van der Waals surface area contributed by atoms with E-state index in [0.29, 0.717) is 30.3 Å². The summed E-state index contributed by atoms with van der Waals surface area (Å²) in [4.78, 5) is 0.311. The van der Waals surface area contributed by atoms with Crippen molar-refractivity contribution in [3.63, 3.8) is 0 Å². The van der Waals surface area contributed by atoms with Gasteiger partial charge in [0.05, 0.1) is 17.1 Å². The van der Waals surface area contributed by atoms with Gasteiger partial charge in [-0.2, -0.15) is 9.40 Å². The van der Waals surface area contributed by atoms with Gasteiger partial charge in [0.1, 0.15) is 6.10 Å². The van der Waals surface area contributed by atoms with Crippen LogP contribution in [0.3, 0.4) is 0 Å². The first-order chi connectivity index (χ1) is 10.6. The molecule has 1 atom stereocenters. The predicted octanol–water partition coefficient (Wildman–Crippen LogP) is 1.63. The lowest BCUT2D eigenvalue weighted by Gasteiger charge is -2.16. The molecule has 0 saturated carbocycles. The van der Waals surface area contributed by atoms with Gasteiger partial charge in [0.2, 0.25) is 15.9 Å². The summed E-state index contributed by atoms with van der Waals surface area (Å²) in [6.07, 6.45) is 0.442. The topological polar surface area (TPSA) is 72.4 Å². The maximum absolute atomic E-state index is 12.5. The summed E-state index contributed by atoms with van der Waals surface area (Å²) < 4.78 is 32.2. The molecular formula is C15H17N3O3S. The van der Waals surface area contributed by atoms with Crippen LogP contribution in [0.5, 0.6) is 5.88 Å². The van der Waals surface area contributed by atoms with Crippen molar-refractivity contribution in [1.82, 2.24) is 14.5 Å². The highest BCUT2D eigenvalue weighted by atomic mass is 32.2. The Labute approximate surface area is 129 Å². The lowest BCUT2D eigenvalue weighted by Crippen LogP contribution is -2.31. The van der Waals surface area contributed by atoms with Crippen LogP contribution >= 0.6 is 0 Å². The van der Waals surface area contributed by atoms with E-state index in [1.165, 1.54) is 4.31 Å². The average molecular weight is 319 g/mol. The molecular weight excluding hydrogens is 302 g/mol. The molecule has 0 aliphatic carbocycles. The number of ether oxygens (including phenoxy) is 1. The fourth-order valence-corrected chi connectivity index (χ4v) is 3.88. The lowest BCUT2D eigenvalue weighted by atomic mass is 10.3. The Bertz CT molecular complexity index is 732. The zero-order valence-corrected chi connectivity index (χ0v) is 13.0. The average Bonchev–Trinajstić information content (AvgIpc) is 3.00. The van der Waals surface area contributed by atoms with E-state index >= 15 is 0 Å². The van der Waals surface area contributed by atoms with E-state index < -0.39 is 10.0 Å². The van der Waals surface area contributed by atoms with Crippen LogP contribution in [0, 0.1) is 6.92 Å². The Balaban J connectivity index is 1.68. The molecule has 1 saturated heterocycles. The van der Waals surface area contributed by atoms with Gasteiger partial charge < -0.3 is 4.74 Å². The predicted molar refractivity (Wildman–Crippen MR) is 81.0 cm³/mol. The largest absolute Gasteiger partial charge is 0.472 e. The Morgan fingerprint density at radius 2 is 1.91 bits per heavy atom. The van der Waals surface area contributed by atoms with Gasteiger partial charge in [-0.05, 0) is 31.5 Å². The van der Waals surface area contributed by atoms with Crippen LogP contribution < -0.4 is 4.74 Å². The second-order valence-corrected chi connectivity index (χ2v) is 7.16. The summed E-state index contributed by atoms with van der Waals surface area (Å²) >= 11 is 0. The second kappa shape index (κ2) is 6.02. The van der Waals surface area contributed by atoms with Gasteiger partial charge in [-0.15, -0.1) is 5.10 Å². The molecule has 3 rings (SSSR count). The third-order valence-electron chi connectivity index (χ3n) is 3.55. The summed E-state index contributed by atoms with van der Waals surface area (Å²) in [5.41, 5.74) is 0.812. The van der Waals surface area contributed by atoms with Crippen LogP contribution in [0.1, 0.15) is 12.1 Å². The Morgan fingerprint density at radius 3 is 2.59 bits per heavy atom. The SMILES string of the molecule is Cc1ccc(OC2CCN(S(=O)(=O)c3ccccc3)C2)nn1. The molecule has 0 amide bonds. The molecule has 1 aromatic heterocycles. The van der Waals surface area contributed by atoms with Gasteiger partial charge in [0, 0.05) is 12.6 Å². The minimum absolute atomic E-state index is 0.199. The first-order valence-electron chi connectivity index (χ1n) is 7.08. The number of aryl methyl sites for hydroxylation is 1. The van der Waals surface area contributed by atoms with E-state index in [-0.39, 0.29) is 6.10 Å². The summed E-state index contributed by atoms with van der Waals surface area (Å²) in [7, 11) is -3.45. The minimum atomic E-state index is -3.45. The van der Waals surface area contributed by atoms with Crippen molar-refractivity contribution in [2.75, 3.05) is 13.1 Å². The van der Waals surface area contributed by atoms with Crippen LogP contribution in [0.2, 0.25) is 0 Å².